The summed E-state index contributed by atoms with van der Waals surface area (Å²) < 4.78 is 48.7. The van der Waals surface area contributed by atoms with E-state index < -0.39 is 30.2 Å². The van der Waals surface area contributed by atoms with Crippen LogP contribution >= 0.6 is 0 Å². The smallest absolute Gasteiger partial charge is 0.407 e. The van der Waals surface area contributed by atoms with Gasteiger partial charge in [0.25, 0.3) is 11.8 Å². The van der Waals surface area contributed by atoms with Gasteiger partial charge in [0.15, 0.2) is 0 Å². The predicted octanol–water partition coefficient (Wildman–Crippen LogP) is 8.70. The van der Waals surface area contributed by atoms with Crippen LogP contribution in [-0.4, -0.2) is 99.8 Å². The van der Waals surface area contributed by atoms with E-state index in [1.54, 1.807) is 35.4 Å². The molecule has 1 saturated carbocycles. The molecule has 4 aromatic carbocycles. The van der Waals surface area contributed by atoms with Crippen molar-refractivity contribution in [3.05, 3.63) is 119 Å². The highest BCUT2D eigenvalue weighted by atomic mass is 19.3. The van der Waals surface area contributed by atoms with Crippen LogP contribution in [-0.2, 0) is 29.7 Å². The Kier molecular flexibility index (Phi) is 11.4. The second-order valence-electron chi connectivity index (χ2n) is 18.8. The summed E-state index contributed by atoms with van der Waals surface area (Å²) in [6.07, 6.45) is 5.52. The lowest BCUT2D eigenvalue weighted by molar-refractivity contribution is -0.138. The van der Waals surface area contributed by atoms with Crippen LogP contribution < -0.4 is 10.6 Å². The molecule has 6 aromatic rings. The number of amides is 4. The van der Waals surface area contributed by atoms with Gasteiger partial charge in [0.2, 0.25) is 5.91 Å². The number of methoxy groups -OCH3 is 2. The molecule has 17 heteroatoms. The number of imidazole rings is 2. The molecule has 0 radical (unpaired) electrons. The number of piperidine rings is 1. The number of carbonyl (C=O) groups excluding carboxylic acids is 4. The molecule has 356 valence electrons. The minimum Gasteiger partial charge on any atom is -0.453 e. The van der Waals surface area contributed by atoms with Gasteiger partial charge >= 0.3 is 12.2 Å². The SMILES string of the molecule is COC(=O)N[C@H](C(=O)N1CCC[C@H]1c1ncc(-c2ccc3c(c2)C(F)(F)c2cc(-c4ccc5nc([C@@H]6C7CC[C@H](C7)N6C(=O)[C@H](NC(=O)OC)c6ccccc6)[nH]c5c4)ccc2-3)[nH]1)C1CCOCC1. The summed E-state index contributed by atoms with van der Waals surface area (Å²) in [5.74, 6) is -2.49. The number of aromatic amines is 2. The predicted molar refractivity (Wildman–Crippen MR) is 250 cm³/mol. The van der Waals surface area contributed by atoms with Gasteiger partial charge in [-0.2, -0.15) is 8.78 Å². The van der Waals surface area contributed by atoms with Gasteiger partial charge in [-0.1, -0.05) is 60.7 Å². The van der Waals surface area contributed by atoms with E-state index in [-0.39, 0.29) is 52.9 Å². The zero-order valence-corrected chi connectivity index (χ0v) is 38.2. The molecule has 3 saturated heterocycles. The van der Waals surface area contributed by atoms with Gasteiger partial charge < -0.3 is 44.6 Å². The average molecular weight is 939 g/mol. The van der Waals surface area contributed by atoms with Gasteiger partial charge in [-0.25, -0.2) is 19.6 Å². The number of hydrogen-bond donors (Lipinski definition) is 4. The highest BCUT2D eigenvalue weighted by Crippen LogP contribution is 2.54. The number of ether oxygens (including phenoxy) is 3. The minimum absolute atomic E-state index is 0.00739. The zero-order chi connectivity index (χ0) is 47.6. The van der Waals surface area contributed by atoms with E-state index >= 15 is 8.78 Å². The standard InChI is InChI=1S/C52H52F2N8O7/c1-67-50(65)59-43(29-18-21-69-22-19-29)48(63)61-20-6-9-42(61)46-55-27-41(58-46)32-12-16-36-35-15-11-30(24-37(35)52(53,54)38(36)25-32)31-13-17-39-40(26-31)57-47(56-39)45-33-10-14-34(23-33)62(45)49(64)44(60-51(66)68-2)28-7-4-3-5-8-28/h3-5,7-8,11-13,15-17,24-27,29,33-34,42-45H,6,9-10,14,18-23H2,1-2H3,(H,55,58)(H,56,57)(H,59,65)(H,60,66)/t33?,34-,42+,43+,44-,45+/m1/s1. The molecule has 2 aromatic heterocycles. The van der Waals surface area contributed by atoms with Crippen LogP contribution in [0.15, 0.2) is 91.1 Å². The second-order valence-corrected chi connectivity index (χ2v) is 18.8. The topological polar surface area (TPSA) is 184 Å². The number of fused-ring (bicyclic) bond motifs is 6. The van der Waals surface area contributed by atoms with Gasteiger partial charge in [0, 0.05) is 42.5 Å². The molecule has 5 aliphatic rings. The number of carbonyl (C=O) groups is 4. The average Bonchev–Trinajstić information content (AvgIpc) is 4.26. The van der Waals surface area contributed by atoms with E-state index in [1.807, 2.05) is 59.5 Å². The molecule has 4 amide bonds. The molecule has 1 unspecified atom stereocenters. The van der Waals surface area contributed by atoms with Crippen molar-refractivity contribution in [3.63, 3.8) is 0 Å². The number of H-pyrrole nitrogens is 2. The van der Waals surface area contributed by atoms with E-state index in [9.17, 15) is 19.2 Å². The Bertz CT molecular complexity index is 2970. The van der Waals surface area contributed by atoms with E-state index in [0.717, 1.165) is 31.2 Å². The third-order valence-corrected chi connectivity index (χ3v) is 15.0. The van der Waals surface area contributed by atoms with E-state index in [2.05, 4.69) is 25.6 Å². The van der Waals surface area contributed by atoms with E-state index in [0.29, 0.717) is 95.2 Å². The van der Waals surface area contributed by atoms with Crippen molar-refractivity contribution in [1.82, 2.24) is 40.4 Å². The first kappa shape index (κ1) is 44.4. The van der Waals surface area contributed by atoms with Crippen molar-refractivity contribution in [2.75, 3.05) is 34.0 Å². The van der Waals surface area contributed by atoms with Crippen LogP contribution in [0.1, 0.15) is 91.4 Å². The molecule has 11 rings (SSSR count). The van der Waals surface area contributed by atoms with Gasteiger partial charge in [-0.15, -0.1) is 0 Å². The Hall–Kier alpha value is -7.14. The van der Waals surface area contributed by atoms with Crippen molar-refractivity contribution >= 4 is 35.0 Å². The van der Waals surface area contributed by atoms with Gasteiger partial charge in [-0.3, -0.25) is 9.59 Å². The molecule has 3 aliphatic heterocycles. The fraction of sp³-hybridized carbons (Fsp3) is 0.385. The van der Waals surface area contributed by atoms with Crippen molar-refractivity contribution in [2.24, 2.45) is 11.8 Å². The minimum atomic E-state index is -3.30. The number of hydrogen-bond acceptors (Lipinski definition) is 9. The van der Waals surface area contributed by atoms with Crippen molar-refractivity contribution in [3.8, 4) is 33.5 Å². The third-order valence-electron chi connectivity index (χ3n) is 15.0. The van der Waals surface area contributed by atoms with Crippen LogP contribution in [0.4, 0.5) is 18.4 Å². The van der Waals surface area contributed by atoms with Crippen LogP contribution in [0.3, 0.4) is 0 Å². The number of likely N-dealkylation sites (tertiary alicyclic amines) is 2. The summed E-state index contributed by atoms with van der Waals surface area (Å²) >= 11 is 0. The summed E-state index contributed by atoms with van der Waals surface area (Å²) in [5, 5.41) is 5.52. The molecular formula is C52H52F2N8O7. The van der Waals surface area contributed by atoms with Gasteiger partial charge in [0.05, 0.1) is 49.2 Å². The molecule has 6 atom stereocenters. The van der Waals surface area contributed by atoms with Crippen molar-refractivity contribution < 1.29 is 42.2 Å². The molecule has 4 N–H and O–H groups in total. The number of alkyl halides is 2. The number of benzene rings is 4. The molecule has 2 bridgehead atoms. The number of rotatable bonds is 10. The highest BCUT2D eigenvalue weighted by molar-refractivity contribution is 5.90. The van der Waals surface area contributed by atoms with E-state index in [1.165, 1.54) is 20.3 Å². The number of halogens is 2. The van der Waals surface area contributed by atoms with Crippen molar-refractivity contribution in [1.29, 1.82) is 0 Å². The summed E-state index contributed by atoms with van der Waals surface area (Å²) in [6.45, 7) is 1.49. The number of aromatic nitrogens is 4. The Labute approximate surface area is 396 Å². The van der Waals surface area contributed by atoms with E-state index in [4.69, 9.17) is 19.2 Å². The largest absolute Gasteiger partial charge is 0.453 e. The van der Waals surface area contributed by atoms with Crippen LogP contribution in [0.25, 0.3) is 44.5 Å². The van der Waals surface area contributed by atoms with Crippen LogP contribution in [0, 0.1) is 11.8 Å². The first-order chi connectivity index (χ1) is 33.5. The Morgan fingerprint density at radius 2 is 1.48 bits per heavy atom. The Balaban J connectivity index is 0.830. The number of nitrogens with zero attached hydrogens (tertiary/aromatic N) is 4. The molecule has 15 nitrogen and oxygen atoms in total. The Morgan fingerprint density at radius 3 is 2.23 bits per heavy atom. The molecule has 4 fully saturated rings. The van der Waals surface area contributed by atoms with Gasteiger partial charge in [-0.05, 0) is 109 Å². The summed E-state index contributed by atoms with van der Waals surface area (Å²) in [4.78, 5) is 73.4. The van der Waals surface area contributed by atoms with Crippen LogP contribution in [0.2, 0.25) is 0 Å². The molecule has 69 heavy (non-hydrogen) atoms. The maximum absolute atomic E-state index is 16.7. The number of nitrogens with one attached hydrogen (secondary N) is 4. The lowest BCUT2D eigenvalue weighted by Gasteiger charge is -2.36. The molecule has 2 aliphatic carbocycles. The second kappa shape index (κ2) is 17.7. The molecule has 5 heterocycles. The third kappa shape index (κ3) is 7.85. The molecule has 0 spiro atoms. The zero-order valence-electron chi connectivity index (χ0n) is 38.2. The summed E-state index contributed by atoms with van der Waals surface area (Å²) in [7, 11) is 2.54. The maximum atomic E-state index is 16.7. The van der Waals surface area contributed by atoms with Gasteiger partial charge in [0.1, 0.15) is 23.7 Å². The van der Waals surface area contributed by atoms with Crippen LogP contribution in [0.5, 0.6) is 0 Å². The molecular weight excluding hydrogens is 887 g/mol. The summed E-state index contributed by atoms with van der Waals surface area (Å²) in [6, 6.07) is 22.5. The highest BCUT2D eigenvalue weighted by Gasteiger charge is 2.52. The lowest BCUT2D eigenvalue weighted by atomic mass is 9.90. The maximum Gasteiger partial charge on any atom is 0.407 e. The summed E-state index contributed by atoms with van der Waals surface area (Å²) in [5.41, 5.74) is 5.18. The number of alkyl carbamates (subject to hydrolysis) is 2. The first-order valence-electron chi connectivity index (χ1n) is 23.7. The quantitative estimate of drug-likeness (QED) is 0.104. The monoisotopic (exact) mass is 938 g/mol. The first-order valence-corrected chi connectivity index (χ1v) is 23.7. The fourth-order valence-electron chi connectivity index (χ4n) is 11.6. The lowest BCUT2D eigenvalue weighted by Crippen LogP contribution is -2.53. The fourth-order valence-corrected chi connectivity index (χ4v) is 11.6. The Morgan fingerprint density at radius 1 is 0.783 bits per heavy atom. The normalized spacial score (nSPS) is 22.3. The van der Waals surface area contributed by atoms with Crippen molar-refractivity contribution in [2.45, 2.75) is 81.1 Å².